The minimum Gasteiger partial charge on any atom is -0.507 e. The molecule has 0 saturated heterocycles. The third-order valence-electron chi connectivity index (χ3n) is 4.28. The van der Waals surface area contributed by atoms with Crippen molar-refractivity contribution in [3.63, 3.8) is 0 Å². The minimum absolute atomic E-state index is 0.0182. The number of hydrogen-bond acceptors (Lipinski definition) is 3. The van der Waals surface area contributed by atoms with Crippen LogP contribution < -0.4 is 4.90 Å². The van der Waals surface area contributed by atoms with Crippen molar-refractivity contribution in [1.82, 2.24) is 0 Å². The van der Waals surface area contributed by atoms with Gasteiger partial charge in [-0.15, -0.1) is 0 Å². The van der Waals surface area contributed by atoms with Crippen molar-refractivity contribution in [1.29, 1.82) is 0 Å². The Hall–Kier alpha value is -2.20. The molecule has 1 aliphatic rings. The van der Waals surface area contributed by atoms with Gasteiger partial charge in [0.05, 0.1) is 10.6 Å². The Balaban J connectivity index is 2.08. The van der Waals surface area contributed by atoms with E-state index in [2.05, 4.69) is 6.07 Å². The van der Waals surface area contributed by atoms with Gasteiger partial charge in [-0.25, -0.2) is 0 Å². The highest BCUT2D eigenvalue weighted by Crippen LogP contribution is 2.36. The number of amides is 1. The number of carbonyl (C=O) groups is 1. The SMILES string of the molecule is Cc1ccc2c(c1)CC[C@H](C)N2C(=O)c1cc(Cl)c(O)cc1O. The number of carbonyl (C=O) groups excluding carboxylic acids is 1. The number of fused-ring (bicyclic) bond motifs is 1. The van der Waals surface area contributed by atoms with Crippen LogP contribution in [0.15, 0.2) is 30.3 Å². The first-order valence-corrected chi connectivity index (χ1v) is 7.91. The Morgan fingerprint density at radius 1 is 1.22 bits per heavy atom. The summed E-state index contributed by atoms with van der Waals surface area (Å²) in [6.07, 6.45) is 1.78. The van der Waals surface area contributed by atoms with Gasteiger partial charge in [-0.3, -0.25) is 4.79 Å². The maximum Gasteiger partial charge on any atom is 0.262 e. The molecule has 1 amide bonds. The molecule has 0 unspecified atom stereocenters. The molecule has 1 aliphatic heterocycles. The van der Waals surface area contributed by atoms with E-state index in [1.54, 1.807) is 4.90 Å². The molecule has 2 aromatic rings. The number of benzene rings is 2. The van der Waals surface area contributed by atoms with E-state index in [4.69, 9.17) is 11.6 Å². The standard InChI is InChI=1S/C18H18ClNO3/c1-10-3-6-15-12(7-10)5-4-11(2)20(15)18(23)13-8-14(19)17(22)9-16(13)21/h3,6-9,11,21-22H,4-5H2,1-2H3/t11-/m0/s1. The highest BCUT2D eigenvalue weighted by molar-refractivity contribution is 6.32. The predicted molar refractivity (Wildman–Crippen MR) is 90.6 cm³/mol. The van der Waals surface area contributed by atoms with Crippen LogP contribution in [0.1, 0.15) is 34.8 Å². The van der Waals surface area contributed by atoms with Crippen molar-refractivity contribution in [2.75, 3.05) is 4.90 Å². The van der Waals surface area contributed by atoms with Gasteiger partial charge in [-0.2, -0.15) is 0 Å². The summed E-state index contributed by atoms with van der Waals surface area (Å²) in [6, 6.07) is 8.43. The number of anilines is 1. The maximum absolute atomic E-state index is 13.0. The molecule has 1 heterocycles. The fraction of sp³-hybridized carbons (Fsp3) is 0.278. The smallest absolute Gasteiger partial charge is 0.262 e. The lowest BCUT2D eigenvalue weighted by Gasteiger charge is -2.35. The molecule has 5 heteroatoms. The van der Waals surface area contributed by atoms with E-state index in [0.29, 0.717) is 0 Å². The molecule has 2 aromatic carbocycles. The Morgan fingerprint density at radius 3 is 2.70 bits per heavy atom. The van der Waals surface area contributed by atoms with Crippen LogP contribution in [0.3, 0.4) is 0 Å². The summed E-state index contributed by atoms with van der Waals surface area (Å²) < 4.78 is 0. The topological polar surface area (TPSA) is 60.8 Å². The zero-order valence-electron chi connectivity index (χ0n) is 13.0. The molecule has 2 N–H and O–H groups in total. The molecule has 0 bridgehead atoms. The van der Waals surface area contributed by atoms with Crippen molar-refractivity contribution in [3.8, 4) is 11.5 Å². The summed E-state index contributed by atoms with van der Waals surface area (Å²) in [4.78, 5) is 14.7. The Bertz CT molecular complexity index is 788. The van der Waals surface area contributed by atoms with Gasteiger partial charge in [0.15, 0.2) is 0 Å². The van der Waals surface area contributed by atoms with Crippen molar-refractivity contribution in [3.05, 3.63) is 52.0 Å². The molecule has 0 fully saturated rings. The molecular weight excluding hydrogens is 314 g/mol. The van der Waals surface area contributed by atoms with Crippen molar-refractivity contribution in [2.24, 2.45) is 0 Å². The van der Waals surface area contributed by atoms with Gasteiger partial charge in [-0.1, -0.05) is 29.3 Å². The molecule has 4 nitrogen and oxygen atoms in total. The van der Waals surface area contributed by atoms with E-state index >= 15 is 0 Å². The van der Waals surface area contributed by atoms with Crippen LogP contribution in [0.25, 0.3) is 0 Å². The van der Waals surface area contributed by atoms with Crippen LogP contribution in [0, 0.1) is 6.92 Å². The lowest BCUT2D eigenvalue weighted by atomic mass is 9.94. The van der Waals surface area contributed by atoms with Gasteiger partial charge in [0.1, 0.15) is 11.5 Å². The first-order chi connectivity index (χ1) is 10.9. The second kappa shape index (κ2) is 5.78. The lowest BCUT2D eigenvalue weighted by Crippen LogP contribution is -2.42. The van der Waals surface area contributed by atoms with Crippen molar-refractivity contribution < 1.29 is 15.0 Å². The van der Waals surface area contributed by atoms with E-state index in [-0.39, 0.29) is 34.0 Å². The molecule has 1 atom stereocenters. The number of halogens is 1. The first-order valence-electron chi connectivity index (χ1n) is 7.53. The summed E-state index contributed by atoms with van der Waals surface area (Å²) >= 11 is 5.89. The van der Waals surface area contributed by atoms with Gasteiger partial charge >= 0.3 is 0 Å². The lowest BCUT2D eigenvalue weighted by molar-refractivity contribution is 0.0972. The van der Waals surface area contributed by atoms with E-state index in [0.717, 1.165) is 35.7 Å². The zero-order valence-corrected chi connectivity index (χ0v) is 13.8. The van der Waals surface area contributed by atoms with Crippen LogP contribution >= 0.6 is 11.6 Å². The number of phenolic OH excluding ortho intramolecular Hbond substituents is 2. The molecule has 0 saturated carbocycles. The van der Waals surface area contributed by atoms with Crippen LogP contribution in [-0.2, 0) is 6.42 Å². The quantitative estimate of drug-likeness (QED) is 0.829. The second-order valence-electron chi connectivity index (χ2n) is 6.02. The third-order valence-corrected chi connectivity index (χ3v) is 4.58. The van der Waals surface area contributed by atoms with E-state index < -0.39 is 0 Å². The van der Waals surface area contributed by atoms with Crippen LogP contribution in [0.5, 0.6) is 11.5 Å². The summed E-state index contributed by atoms with van der Waals surface area (Å²) in [5, 5.41) is 19.6. The molecule has 120 valence electrons. The fourth-order valence-electron chi connectivity index (χ4n) is 3.04. The highest BCUT2D eigenvalue weighted by atomic mass is 35.5. The van der Waals surface area contributed by atoms with Crippen molar-refractivity contribution >= 4 is 23.2 Å². The van der Waals surface area contributed by atoms with Gasteiger partial charge in [0.2, 0.25) is 0 Å². The molecular formula is C18H18ClNO3. The zero-order chi connectivity index (χ0) is 16.7. The van der Waals surface area contributed by atoms with E-state index in [1.165, 1.54) is 6.07 Å². The van der Waals surface area contributed by atoms with Gasteiger partial charge < -0.3 is 15.1 Å². The predicted octanol–water partition coefficient (Wildman–Crippen LogP) is 4.04. The Kier molecular flexibility index (Phi) is 3.94. The van der Waals surface area contributed by atoms with Crippen molar-refractivity contribution in [2.45, 2.75) is 32.7 Å². The average molecular weight is 332 g/mol. The molecule has 23 heavy (non-hydrogen) atoms. The summed E-state index contributed by atoms with van der Waals surface area (Å²) in [6.45, 7) is 4.01. The molecule has 0 aliphatic carbocycles. The first kappa shape index (κ1) is 15.7. The van der Waals surface area contributed by atoms with Gasteiger partial charge in [0, 0.05) is 17.8 Å². The van der Waals surface area contributed by atoms with Gasteiger partial charge in [-0.05, 0) is 44.4 Å². The summed E-state index contributed by atoms with van der Waals surface area (Å²) in [5.74, 6) is -0.839. The molecule has 0 aromatic heterocycles. The molecule has 0 spiro atoms. The van der Waals surface area contributed by atoms with Crippen LogP contribution in [-0.4, -0.2) is 22.2 Å². The normalized spacial score (nSPS) is 17.0. The Labute approximate surface area is 139 Å². The second-order valence-corrected chi connectivity index (χ2v) is 6.42. The Morgan fingerprint density at radius 2 is 1.96 bits per heavy atom. The number of aromatic hydroxyl groups is 2. The average Bonchev–Trinajstić information content (AvgIpc) is 2.50. The number of hydrogen-bond donors (Lipinski definition) is 2. The number of aryl methyl sites for hydroxylation is 2. The highest BCUT2D eigenvalue weighted by Gasteiger charge is 2.30. The van der Waals surface area contributed by atoms with E-state index in [1.807, 2.05) is 26.0 Å². The van der Waals surface area contributed by atoms with E-state index in [9.17, 15) is 15.0 Å². The van der Waals surface area contributed by atoms with Crippen LogP contribution in [0.2, 0.25) is 5.02 Å². The fourth-order valence-corrected chi connectivity index (χ4v) is 3.21. The largest absolute Gasteiger partial charge is 0.507 e. The third kappa shape index (κ3) is 2.75. The summed E-state index contributed by atoms with van der Waals surface area (Å²) in [7, 11) is 0. The molecule has 0 radical (unpaired) electrons. The number of rotatable bonds is 1. The van der Waals surface area contributed by atoms with Crippen LogP contribution in [0.4, 0.5) is 5.69 Å². The molecule has 3 rings (SSSR count). The maximum atomic E-state index is 13.0. The number of nitrogens with zero attached hydrogens (tertiary/aromatic N) is 1. The van der Waals surface area contributed by atoms with Gasteiger partial charge in [0.25, 0.3) is 5.91 Å². The minimum atomic E-state index is -0.318. The summed E-state index contributed by atoms with van der Waals surface area (Å²) in [5.41, 5.74) is 3.23. The monoisotopic (exact) mass is 331 g/mol. The number of phenols is 2.